The summed E-state index contributed by atoms with van der Waals surface area (Å²) in [6.45, 7) is 0. The summed E-state index contributed by atoms with van der Waals surface area (Å²) in [7, 11) is 0. The summed E-state index contributed by atoms with van der Waals surface area (Å²) in [5, 5.41) is 2.59. The highest BCUT2D eigenvalue weighted by molar-refractivity contribution is 9.10. The largest absolute Gasteiger partial charge is 0.306 e. The number of halogens is 1. The normalized spacial score (nSPS) is 11.4. The summed E-state index contributed by atoms with van der Waals surface area (Å²) < 4.78 is 0.870. The number of nitrogens with zero attached hydrogens (tertiary/aromatic N) is 1. The Morgan fingerprint density at radius 2 is 2.16 bits per heavy atom. The van der Waals surface area contributed by atoms with Gasteiger partial charge in [0.15, 0.2) is 0 Å². The number of hydrogen-bond donors (Lipinski definition) is 1. The molecule has 1 N–H and O–H groups in total. The minimum absolute atomic E-state index is 0.128. The van der Waals surface area contributed by atoms with Crippen molar-refractivity contribution in [3.63, 3.8) is 0 Å². The quantitative estimate of drug-likeness (QED) is 0.773. The third-order valence-corrected chi connectivity index (χ3v) is 3.97. The number of aromatic amines is 1. The molecule has 3 rings (SSSR count). The Morgan fingerprint density at radius 3 is 2.95 bits per heavy atom. The van der Waals surface area contributed by atoms with Gasteiger partial charge in [0.05, 0.1) is 10.9 Å². The van der Waals surface area contributed by atoms with Gasteiger partial charge >= 0.3 is 0 Å². The summed E-state index contributed by atoms with van der Waals surface area (Å²) in [6.07, 6.45) is 3.75. The van der Waals surface area contributed by atoms with Gasteiger partial charge in [-0.25, -0.2) is 4.98 Å². The first-order valence-corrected chi connectivity index (χ1v) is 7.31. The Bertz CT molecular complexity index is 806. The van der Waals surface area contributed by atoms with E-state index in [2.05, 4.69) is 25.9 Å². The van der Waals surface area contributed by atoms with Crippen LogP contribution in [0.4, 0.5) is 0 Å². The average Bonchev–Trinajstić information content (AvgIpc) is 2.90. The van der Waals surface area contributed by atoms with Gasteiger partial charge in [-0.2, -0.15) is 0 Å². The van der Waals surface area contributed by atoms with Crippen molar-refractivity contribution in [3.05, 3.63) is 61.2 Å². The SMILES string of the molecule is O=c1[nH]c(C=Cc2cccs2)nc2ccc(Br)cc12. The number of fused-ring (bicyclic) bond motifs is 1. The predicted molar refractivity (Wildman–Crippen MR) is 83.3 cm³/mol. The molecular weight excluding hydrogens is 324 g/mol. The van der Waals surface area contributed by atoms with Gasteiger partial charge in [-0.05, 0) is 41.8 Å². The Morgan fingerprint density at radius 1 is 1.26 bits per heavy atom. The zero-order chi connectivity index (χ0) is 13.2. The van der Waals surface area contributed by atoms with Gasteiger partial charge in [-0.1, -0.05) is 22.0 Å². The molecule has 0 aliphatic carbocycles. The van der Waals surface area contributed by atoms with Crippen molar-refractivity contribution >= 4 is 50.3 Å². The van der Waals surface area contributed by atoms with Gasteiger partial charge < -0.3 is 4.98 Å². The maximum Gasteiger partial charge on any atom is 0.259 e. The van der Waals surface area contributed by atoms with Crippen LogP contribution in [0.5, 0.6) is 0 Å². The van der Waals surface area contributed by atoms with Gasteiger partial charge in [0, 0.05) is 9.35 Å². The van der Waals surface area contributed by atoms with E-state index in [1.807, 2.05) is 41.8 Å². The summed E-state index contributed by atoms with van der Waals surface area (Å²) >= 11 is 4.99. The molecule has 0 aliphatic heterocycles. The number of hydrogen-bond acceptors (Lipinski definition) is 3. The number of thiophene rings is 1. The smallest absolute Gasteiger partial charge is 0.259 e. The molecule has 0 saturated heterocycles. The fourth-order valence-corrected chi connectivity index (χ4v) is 2.73. The second-order valence-electron chi connectivity index (χ2n) is 3.96. The average molecular weight is 333 g/mol. The van der Waals surface area contributed by atoms with E-state index in [-0.39, 0.29) is 5.56 Å². The summed E-state index contributed by atoms with van der Waals surface area (Å²) in [5.41, 5.74) is 0.565. The lowest BCUT2D eigenvalue weighted by Crippen LogP contribution is -2.09. The number of rotatable bonds is 2. The number of H-pyrrole nitrogens is 1. The van der Waals surface area contributed by atoms with Crippen LogP contribution in [0.1, 0.15) is 10.7 Å². The van der Waals surface area contributed by atoms with Crippen LogP contribution in [-0.2, 0) is 0 Å². The highest BCUT2D eigenvalue weighted by atomic mass is 79.9. The second-order valence-corrected chi connectivity index (χ2v) is 5.86. The maximum atomic E-state index is 12.0. The minimum Gasteiger partial charge on any atom is -0.306 e. The standard InChI is InChI=1S/C14H9BrN2OS/c15-9-3-5-12-11(8-9)14(18)17-13(16-12)6-4-10-2-1-7-19-10/h1-8H,(H,16,17,18). The lowest BCUT2D eigenvalue weighted by molar-refractivity contribution is 1.14. The molecule has 94 valence electrons. The molecule has 0 radical (unpaired) electrons. The van der Waals surface area contributed by atoms with E-state index >= 15 is 0 Å². The van der Waals surface area contributed by atoms with Crippen LogP contribution in [0, 0.1) is 0 Å². The summed E-state index contributed by atoms with van der Waals surface area (Å²) in [4.78, 5) is 20.3. The third kappa shape index (κ3) is 2.67. The number of nitrogens with one attached hydrogen (secondary N) is 1. The molecule has 5 heteroatoms. The number of benzene rings is 1. The van der Waals surface area contributed by atoms with Crippen LogP contribution in [0.2, 0.25) is 0 Å². The molecule has 0 fully saturated rings. The van der Waals surface area contributed by atoms with Crippen molar-refractivity contribution < 1.29 is 0 Å². The second kappa shape index (κ2) is 5.11. The molecule has 19 heavy (non-hydrogen) atoms. The monoisotopic (exact) mass is 332 g/mol. The zero-order valence-electron chi connectivity index (χ0n) is 9.76. The molecule has 2 heterocycles. The minimum atomic E-state index is -0.128. The van der Waals surface area contributed by atoms with Crippen molar-refractivity contribution in [1.82, 2.24) is 9.97 Å². The molecule has 0 amide bonds. The molecule has 3 nitrogen and oxygen atoms in total. The van der Waals surface area contributed by atoms with Crippen LogP contribution in [0.3, 0.4) is 0 Å². The molecule has 0 saturated carbocycles. The molecule has 3 aromatic rings. The van der Waals surface area contributed by atoms with E-state index < -0.39 is 0 Å². The summed E-state index contributed by atoms with van der Waals surface area (Å²) in [5.74, 6) is 0.563. The van der Waals surface area contributed by atoms with E-state index in [1.165, 1.54) is 0 Å². The third-order valence-electron chi connectivity index (χ3n) is 2.63. The zero-order valence-corrected chi connectivity index (χ0v) is 12.2. The predicted octanol–water partition coefficient (Wildman–Crippen LogP) is 3.92. The van der Waals surface area contributed by atoms with Gasteiger partial charge in [0.2, 0.25) is 0 Å². The first-order chi connectivity index (χ1) is 9.22. The van der Waals surface area contributed by atoms with Crippen LogP contribution in [-0.4, -0.2) is 9.97 Å². The van der Waals surface area contributed by atoms with Crippen LogP contribution in [0.15, 0.2) is 45.0 Å². The molecule has 0 atom stereocenters. The molecule has 0 aliphatic rings. The Labute approximate surface area is 121 Å². The molecule has 0 spiro atoms. The Kier molecular flexibility index (Phi) is 3.31. The van der Waals surface area contributed by atoms with E-state index in [9.17, 15) is 4.79 Å². The van der Waals surface area contributed by atoms with Crippen LogP contribution in [0.25, 0.3) is 23.1 Å². The lowest BCUT2D eigenvalue weighted by Gasteiger charge is -1.99. The molecular formula is C14H9BrN2OS. The van der Waals surface area contributed by atoms with Crippen molar-refractivity contribution in [2.75, 3.05) is 0 Å². The van der Waals surface area contributed by atoms with E-state index in [1.54, 1.807) is 17.4 Å². The Balaban J connectivity index is 2.06. The fourth-order valence-electron chi connectivity index (χ4n) is 1.76. The van der Waals surface area contributed by atoms with Crippen molar-refractivity contribution in [1.29, 1.82) is 0 Å². The van der Waals surface area contributed by atoms with Crippen LogP contribution >= 0.6 is 27.3 Å². The maximum absolute atomic E-state index is 12.0. The van der Waals surface area contributed by atoms with Crippen molar-refractivity contribution in [2.45, 2.75) is 0 Å². The fraction of sp³-hybridized carbons (Fsp3) is 0. The lowest BCUT2D eigenvalue weighted by atomic mass is 10.2. The van der Waals surface area contributed by atoms with Gasteiger partial charge in [0.25, 0.3) is 5.56 Å². The van der Waals surface area contributed by atoms with Gasteiger partial charge in [-0.15, -0.1) is 11.3 Å². The van der Waals surface area contributed by atoms with Crippen LogP contribution < -0.4 is 5.56 Å². The van der Waals surface area contributed by atoms with Gasteiger partial charge in [0.1, 0.15) is 5.82 Å². The van der Waals surface area contributed by atoms with E-state index in [4.69, 9.17) is 0 Å². The van der Waals surface area contributed by atoms with Crippen molar-refractivity contribution in [2.24, 2.45) is 0 Å². The summed E-state index contributed by atoms with van der Waals surface area (Å²) in [6, 6.07) is 9.47. The first-order valence-electron chi connectivity index (χ1n) is 5.63. The van der Waals surface area contributed by atoms with E-state index in [0.29, 0.717) is 16.7 Å². The first kappa shape index (κ1) is 12.3. The molecule has 2 aromatic heterocycles. The topological polar surface area (TPSA) is 45.8 Å². The highest BCUT2D eigenvalue weighted by Gasteiger charge is 2.02. The highest BCUT2D eigenvalue weighted by Crippen LogP contribution is 2.16. The van der Waals surface area contributed by atoms with Crippen molar-refractivity contribution in [3.8, 4) is 0 Å². The van der Waals surface area contributed by atoms with Gasteiger partial charge in [-0.3, -0.25) is 4.79 Å². The molecule has 1 aromatic carbocycles. The molecule has 0 bridgehead atoms. The number of aromatic nitrogens is 2. The Hall–Kier alpha value is -1.72. The van der Waals surface area contributed by atoms with E-state index in [0.717, 1.165) is 9.35 Å². The molecule has 0 unspecified atom stereocenters.